The molecule has 6 heteroatoms. The molecule has 1 N–H and O–H groups in total. The van der Waals surface area contributed by atoms with E-state index in [0.717, 1.165) is 10.0 Å². The molecule has 0 radical (unpaired) electrons. The van der Waals surface area contributed by atoms with Crippen LogP contribution in [0.3, 0.4) is 0 Å². The predicted molar refractivity (Wildman–Crippen MR) is 74.4 cm³/mol. The summed E-state index contributed by atoms with van der Waals surface area (Å²) in [5, 5.41) is 11.0. The molecule has 1 aliphatic rings. The first-order valence-corrected chi connectivity index (χ1v) is 6.66. The van der Waals surface area contributed by atoms with Crippen LogP contribution in [0.5, 0.6) is 0 Å². The fourth-order valence-electron chi connectivity index (χ4n) is 1.24. The molecule has 0 saturated carbocycles. The van der Waals surface area contributed by atoms with Crippen LogP contribution >= 0.6 is 27.7 Å². The van der Waals surface area contributed by atoms with E-state index < -0.39 is 0 Å². The fourth-order valence-corrected chi connectivity index (χ4v) is 2.41. The molecule has 1 fully saturated rings. The van der Waals surface area contributed by atoms with E-state index in [9.17, 15) is 4.79 Å². The molecule has 4 nitrogen and oxygen atoms in total. The third kappa shape index (κ3) is 3.41. The van der Waals surface area contributed by atoms with Gasteiger partial charge in [0.05, 0.1) is 11.5 Å². The molecule has 17 heavy (non-hydrogen) atoms. The molecule has 1 aromatic rings. The number of carbonyl (C=O) groups excluding carboxylic acids is 1. The van der Waals surface area contributed by atoms with E-state index in [1.807, 2.05) is 31.2 Å². The number of carbonyl (C=O) groups is 1. The topological polar surface area (TPSA) is 53.8 Å². The Morgan fingerprint density at radius 3 is 3.00 bits per heavy atom. The number of halogens is 1. The van der Waals surface area contributed by atoms with Crippen LogP contribution in [-0.4, -0.2) is 22.5 Å². The highest BCUT2D eigenvalue weighted by Crippen LogP contribution is 2.18. The molecule has 1 aromatic carbocycles. The molecule has 0 aliphatic carbocycles. The van der Waals surface area contributed by atoms with Gasteiger partial charge >= 0.3 is 0 Å². The van der Waals surface area contributed by atoms with Gasteiger partial charge in [0.1, 0.15) is 0 Å². The quantitative estimate of drug-likeness (QED) is 0.673. The second-order valence-corrected chi connectivity index (χ2v) is 5.70. The van der Waals surface area contributed by atoms with Crippen molar-refractivity contribution in [2.45, 2.75) is 12.2 Å². The van der Waals surface area contributed by atoms with Crippen molar-refractivity contribution in [2.75, 3.05) is 0 Å². The number of rotatable bonds is 2. The van der Waals surface area contributed by atoms with Gasteiger partial charge in [-0.25, -0.2) is 0 Å². The van der Waals surface area contributed by atoms with Gasteiger partial charge in [0.25, 0.3) is 0 Å². The Balaban J connectivity index is 2.03. The largest absolute Gasteiger partial charge is 0.303 e. The van der Waals surface area contributed by atoms with Crippen LogP contribution in [0.2, 0.25) is 0 Å². The lowest BCUT2D eigenvalue weighted by Crippen LogP contribution is -2.23. The van der Waals surface area contributed by atoms with Crippen molar-refractivity contribution in [2.24, 2.45) is 10.2 Å². The van der Waals surface area contributed by atoms with E-state index in [1.54, 1.807) is 6.21 Å². The Labute approximate surface area is 112 Å². The van der Waals surface area contributed by atoms with Crippen molar-refractivity contribution in [3.05, 3.63) is 34.3 Å². The summed E-state index contributed by atoms with van der Waals surface area (Å²) in [6.07, 6.45) is 1.65. The Hall–Kier alpha value is -1.14. The summed E-state index contributed by atoms with van der Waals surface area (Å²) in [5.74, 6) is -0.0218. The van der Waals surface area contributed by atoms with Crippen LogP contribution in [0, 0.1) is 0 Å². The fraction of sp³-hybridized carbons (Fsp3) is 0.182. The first-order chi connectivity index (χ1) is 8.15. The molecular weight excluding hydrogens is 302 g/mol. The van der Waals surface area contributed by atoms with Gasteiger partial charge in [0.15, 0.2) is 5.17 Å². The van der Waals surface area contributed by atoms with Gasteiger partial charge in [-0.05, 0) is 24.6 Å². The maximum Gasteiger partial charge on any atom is 0.239 e. The van der Waals surface area contributed by atoms with E-state index in [0.29, 0.717) is 5.17 Å². The number of hydrogen-bond acceptors (Lipinski definition) is 4. The molecule has 1 amide bonds. The lowest BCUT2D eigenvalue weighted by atomic mass is 10.2. The van der Waals surface area contributed by atoms with E-state index >= 15 is 0 Å². The summed E-state index contributed by atoms with van der Waals surface area (Å²) >= 11 is 4.76. The minimum atomic E-state index is -0.0881. The number of amidine groups is 1. The third-order valence-electron chi connectivity index (χ3n) is 2.09. The van der Waals surface area contributed by atoms with Crippen molar-refractivity contribution >= 4 is 45.0 Å². The summed E-state index contributed by atoms with van der Waals surface area (Å²) in [4.78, 5) is 11.2. The zero-order valence-electron chi connectivity index (χ0n) is 9.05. The highest BCUT2D eigenvalue weighted by atomic mass is 79.9. The zero-order chi connectivity index (χ0) is 12.3. The molecule has 0 bridgehead atoms. The summed E-state index contributed by atoms with van der Waals surface area (Å²) in [6.45, 7) is 1.83. The predicted octanol–water partition coefficient (Wildman–Crippen LogP) is 2.39. The lowest BCUT2D eigenvalue weighted by molar-refractivity contribution is -0.118. The molecule has 88 valence electrons. The number of thioether (sulfide) groups is 1. The van der Waals surface area contributed by atoms with Gasteiger partial charge in [-0.15, -0.1) is 5.10 Å². The van der Waals surface area contributed by atoms with Gasteiger partial charge in [-0.2, -0.15) is 5.10 Å². The van der Waals surface area contributed by atoms with Gasteiger partial charge in [0, 0.05) is 4.47 Å². The maximum absolute atomic E-state index is 11.2. The van der Waals surface area contributed by atoms with Crippen LogP contribution in [0.1, 0.15) is 12.5 Å². The van der Waals surface area contributed by atoms with Crippen LogP contribution < -0.4 is 5.32 Å². The number of nitrogens with zero attached hydrogens (tertiary/aromatic N) is 2. The monoisotopic (exact) mass is 311 g/mol. The zero-order valence-corrected chi connectivity index (χ0v) is 11.5. The average molecular weight is 312 g/mol. The molecule has 1 heterocycles. The van der Waals surface area contributed by atoms with Crippen LogP contribution in [0.15, 0.2) is 38.9 Å². The molecule has 0 unspecified atom stereocenters. The number of benzene rings is 1. The van der Waals surface area contributed by atoms with Crippen molar-refractivity contribution in [1.29, 1.82) is 0 Å². The minimum Gasteiger partial charge on any atom is -0.303 e. The molecule has 1 atom stereocenters. The van der Waals surface area contributed by atoms with Crippen molar-refractivity contribution in [3.8, 4) is 0 Å². The summed E-state index contributed by atoms with van der Waals surface area (Å²) < 4.78 is 0.992. The smallest absolute Gasteiger partial charge is 0.239 e. The molecule has 1 saturated heterocycles. The third-order valence-corrected chi connectivity index (χ3v) is 3.56. The van der Waals surface area contributed by atoms with E-state index in [-0.39, 0.29) is 11.2 Å². The second kappa shape index (κ2) is 5.46. The number of hydrogen-bond donors (Lipinski definition) is 1. The Bertz CT molecular complexity index is 501. The second-order valence-electron chi connectivity index (χ2n) is 3.45. The maximum atomic E-state index is 11.2. The summed E-state index contributed by atoms with van der Waals surface area (Å²) in [6, 6.07) is 7.73. The average Bonchev–Trinajstić information content (AvgIpc) is 2.58. The number of amides is 1. The minimum absolute atomic E-state index is 0.0218. The van der Waals surface area contributed by atoms with Crippen molar-refractivity contribution < 1.29 is 4.79 Å². The van der Waals surface area contributed by atoms with Crippen LogP contribution in [0.25, 0.3) is 0 Å². The Morgan fingerprint density at radius 2 is 2.35 bits per heavy atom. The highest BCUT2D eigenvalue weighted by molar-refractivity contribution is 9.10. The molecule has 1 aliphatic heterocycles. The normalized spacial score (nSPS) is 22.4. The number of nitrogens with one attached hydrogen (secondary N) is 1. The van der Waals surface area contributed by atoms with Crippen molar-refractivity contribution in [3.63, 3.8) is 0 Å². The summed E-state index contributed by atoms with van der Waals surface area (Å²) in [7, 11) is 0. The van der Waals surface area contributed by atoms with Crippen LogP contribution in [0.4, 0.5) is 0 Å². The van der Waals surface area contributed by atoms with E-state index in [2.05, 4.69) is 31.4 Å². The van der Waals surface area contributed by atoms with E-state index in [1.165, 1.54) is 11.8 Å². The standard InChI is InChI=1S/C11H10BrN3OS/c1-7-10(16)14-11(17-7)15-13-6-8-3-2-4-9(12)5-8/h2-7H,1H3,(H,14,15,16)/b13-6+/t7-/m1/s1. The molecular formula is C11H10BrN3OS. The van der Waals surface area contributed by atoms with Gasteiger partial charge < -0.3 is 5.32 Å². The van der Waals surface area contributed by atoms with Crippen LogP contribution in [-0.2, 0) is 4.79 Å². The molecule has 2 rings (SSSR count). The SMILES string of the molecule is C[C@H]1S/C(=N\N=C\c2cccc(Br)c2)NC1=O. The van der Waals surface area contributed by atoms with Gasteiger partial charge in [-0.3, -0.25) is 4.79 Å². The lowest BCUT2D eigenvalue weighted by Gasteiger charge is -1.92. The first-order valence-electron chi connectivity index (χ1n) is 4.99. The Morgan fingerprint density at radius 1 is 1.53 bits per heavy atom. The molecule has 0 aromatic heterocycles. The first kappa shape index (κ1) is 12.3. The Kier molecular flexibility index (Phi) is 3.96. The van der Waals surface area contributed by atoms with Gasteiger partial charge in [0.2, 0.25) is 5.91 Å². The highest BCUT2D eigenvalue weighted by Gasteiger charge is 2.25. The van der Waals surface area contributed by atoms with Gasteiger partial charge in [-0.1, -0.05) is 39.8 Å². The molecule has 0 spiro atoms. The van der Waals surface area contributed by atoms with E-state index in [4.69, 9.17) is 0 Å². The summed E-state index contributed by atoms with van der Waals surface area (Å²) in [5.41, 5.74) is 0.950. The van der Waals surface area contributed by atoms with Crippen molar-refractivity contribution in [1.82, 2.24) is 5.32 Å².